The molecule has 6 heteroatoms. The molecule has 3 nitrogen and oxygen atoms in total. The summed E-state index contributed by atoms with van der Waals surface area (Å²) in [7, 11) is 1.72. The molecule has 1 aromatic heterocycles. The van der Waals surface area contributed by atoms with E-state index in [1.54, 1.807) is 7.05 Å². The molecular formula is C9H7F2N3S. The van der Waals surface area contributed by atoms with Crippen molar-refractivity contribution >= 4 is 16.5 Å². The van der Waals surface area contributed by atoms with E-state index in [1.807, 2.05) is 0 Å². The summed E-state index contributed by atoms with van der Waals surface area (Å²) in [6.45, 7) is 0. The maximum absolute atomic E-state index is 12.9. The number of hydrogen-bond donors (Lipinski definition) is 1. The van der Waals surface area contributed by atoms with Crippen molar-refractivity contribution in [3.05, 3.63) is 29.8 Å². The second-order valence-electron chi connectivity index (χ2n) is 2.79. The van der Waals surface area contributed by atoms with Gasteiger partial charge in [0, 0.05) is 12.6 Å². The van der Waals surface area contributed by atoms with Crippen molar-refractivity contribution in [2.24, 2.45) is 0 Å². The Labute approximate surface area is 88.8 Å². The molecule has 0 aliphatic carbocycles. The van der Waals surface area contributed by atoms with Gasteiger partial charge in [0.2, 0.25) is 5.13 Å². The molecule has 0 spiro atoms. The number of rotatable bonds is 2. The highest BCUT2D eigenvalue weighted by Crippen LogP contribution is 2.26. The molecule has 78 valence electrons. The SMILES string of the molecule is CNc1nnc(-c2ccc(F)c(F)c2)s1. The lowest BCUT2D eigenvalue weighted by molar-refractivity contribution is 0.509. The van der Waals surface area contributed by atoms with Crippen molar-refractivity contribution in [2.45, 2.75) is 0 Å². The van der Waals surface area contributed by atoms with E-state index in [-0.39, 0.29) is 0 Å². The molecule has 1 aromatic carbocycles. The number of nitrogens with zero attached hydrogens (tertiary/aromatic N) is 2. The van der Waals surface area contributed by atoms with Gasteiger partial charge in [-0.3, -0.25) is 0 Å². The molecule has 2 rings (SSSR count). The molecule has 0 fully saturated rings. The fraction of sp³-hybridized carbons (Fsp3) is 0.111. The van der Waals surface area contributed by atoms with Crippen molar-refractivity contribution in [1.29, 1.82) is 0 Å². The summed E-state index contributed by atoms with van der Waals surface area (Å²) in [5, 5.41) is 11.7. The molecule has 1 N–H and O–H groups in total. The van der Waals surface area contributed by atoms with Crippen LogP contribution in [0.3, 0.4) is 0 Å². The second kappa shape index (κ2) is 3.90. The van der Waals surface area contributed by atoms with Gasteiger partial charge in [0.25, 0.3) is 0 Å². The van der Waals surface area contributed by atoms with Gasteiger partial charge in [0.1, 0.15) is 5.01 Å². The van der Waals surface area contributed by atoms with Gasteiger partial charge in [-0.25, -0.2) is 8.78 Å². The smallest absolute Gasteiger partial charge is 0.205 e. The van der Waals surface area contributed by atoms with E-state index in [9.17, 15) is 8.78 Å². The molecule has 0 bridgehead atoms. The van der Waals surface area contributed by atoms with Crippen molar-refractivity contribution in [2.75, 3.05) is 12.4 Å². The molecule has 0 amide bonds. The monoisotopic (exact) mass is 227 g/mol. The van der Waals surface area contributed by atoms with E-state index in [4.69, 9.17) is 0 Å². The minimum Gasteiger partial charge on any atom is -0.363 e. The minimum absolute atomic E-state index is 0.521. The lowest BCUT2D eigenvalue weighted by atomic mass is 10.2. The second-order valence-corrected chi connectivity index (χ2v) is 3.77. The van der Waals surface area contributed by atoms with Gasteiger partial charge in [-0.15, -0.1) is 10.2 Å². The Morgan fingerprint density at radius 2 is 2.00 bits per heavy atom. The number of anilines is 1. The number of hydrogen-bond acceptors (Lipinski definition) is 4. The molecule has 0 radical (unpaired) electrons. The normalized spacial score (nSPS) is 10.3. The summed E-state index contributed by atoms with van der Waals surface area (Å²) in [5.41, 5.74) is 0.521. The van der Waals surface area contributed by atoms with Gasteiger partial charge < -0.3 is 5.32 Å². The van der Waals surface area contributed by atoms with Crippen LogP contribution in [0.5, 0.6) is 0 Å². The average molecular weight is 227 g/mol. The summed E-state index contributed by atoms with van der Waals surface area (Å²) in [5.74, 6) is -1.74. The van der Waals surface area contributed by atoms with Crippen LogP contribution >= 0.6 is 11.3 Å². The highest BCUT2D eigenvalue weighted by Gasteiger charge is 2.08. The third-order valence-electron chi connectivity index (χ3n) is 1.81. The molecule has 0 unspecified atom stereocenters. The Kier molecular flexibility index (Phi) is 2.59. The largest absolute Gasteiger partial charge is 0.363 e. The third-order valence-corrected chi connectivity index (χ3v) is 2.80. The zero-order valence-corrected chi connectivity index (χ0v) is 8.61. The lowest BCUT2D eigenvalue weighted by Gasteiger charge is -1.96. The Bertz CT molecular complexity index is 484. The van der Waals surface area contributed by atoms with Crippen molar-refractivity contribution in [3.63, 3.8) is 0 Å². The topological polar surface area (TPSA) is 37.8 Å². The number of nitrogens with one attached hydrogen (secondary N) is 1. The molecule has 0 saturated heterocycles. The van der Waals surface area contributed by atoms with Gasteiger partial charge in [0.05, 0.1) is 0 Å². The van der Waals surface area contributed by atoms with Crippen LogP contribution in [0.15, 0.2) is 18.2 Å². The van der Waals surface area contributed by atoms with Gasteiger partial charge in [-0.1, -0.05) is 11.3 Å². The van der Waals surface area contributed by atoms with Crippen molar-refractivity contribution < 1.29 is 8.78 Å². The van der Waals surface area contributed by atoms with Gasteiger partial charge in [0.15, 0.2) is 11.6 Å². The van der Waals surface area contributed by atoms with Crippen LogP contribution in [-0.2, 0) is 0 Å². The van der Waals surface area contributed by atoms with E-state index >= 15 is 0 Å². The molecule has 0 saturated carbocycles. The van der Waals surface area contributed by atoms with Crippen molar-refractivity contribution in [1.82, 2.24) is 10.2 Å². The fourth-order valence-electron chi connectivity index (χ4n) is 1.07. The van der Waals surface area contributed by atoms with Crippen LogP contribution in [-0.4, -0.2) is 17.2 Å². The predicted molar refractivity (Wildman–Crippen MR) is 54.8 cm³/mol. The van der Waals surface area contributed by atoms with E-state index in [1.165, 1.54) is 17.4 Å². The van der Waals surface area contributed by atoms with E-state index in [0.717, 1.165) is 12.1 Å². The van der Waals surface area contributed by atoms with Gasteiger partial charge >= 0.3 is 0 Å². The Morgan fingerprint density at radius 1 is 1.20 bits per heavy atom. The molecule has 0 aliphatic rings. The molecule has 15 heavy (non-hydrogen) atoms. The van der Waals surface area contributed by atoms with Gasteiger partial charge in [-0.05, 0) is 18.2 Å². The average Bonchev–Trinajstić information content (AvgIpc) is 2.70. The van der Waals surface area contributed by atoms with Crippen molar-refractivity contribution in [3.8, 4) is 10.6 Å². The van der Waals surface area contributed by atoms with Crippen LogP contribution < -0.4 is 5.32 Å². The molecular weight excluding hydrogens is 220 g/mol. The quantitative estimate of drug-likeness (QED) is 0.856. The predicted octanol–water partition coefficient (Wildman–Crippen LogP) is 2.53. The van der Waals surface area contributed by atoms with Crippen LogP contribution in [0.4, 0.5) is 13.9 Å². The first kappa shape index (κ1) is 9.97. The van der Waals surface area contributed by atoms with Crippen LogP contribution in [0, 0.1) is 11.6 Å². The van der Waals surface area contributed by atoms with E-state index in [2.05, 4.69) is 15.5 Å². The first-order chi connectivity index (χ1) is 7.20. The van der Waals surface area contributed by atoms with Crippen LogP contribution in [0.25, 0.3) is 10.6 Å². The summed E-state index contributed by atoms with van der Waals surface area (Å²) >= 11 is 1.28. The maximum Gasteiger partial charge on any atom is 0.205 e. The summed E-state index contributed by atoms with van der Waals surface area (Å²) < 4.78 is 25.6. The van der Waals surface area contributed by atoms with Crippen LogP contribution in [0.1, 0.15) is 0 Å². The molecule has 0 aliphatic heterocycles. The highest BCUT2D eigenvalue weighted by atomic mass is 32.1. The minimum atomic E-state index is -0.881. The number of aromatic nitrogens is 2. The summed E-state index contributed by atoms with van der Waals surface area (Å²) in [6.07, 6.45) is 0. The van der Waals surface area contributed by atoms with E-state index in [0.29, 0.717) is 15.7 Å². The summed E-state index contributed by atoms with van der Waals surface area (Å²) in [4.78, 5) is 0. The number of halogens is 2. The first-order valence-electron chi connectivity index (χ1n) is 4.17. The van der Waals surface area contributed by atoms with Gasteiger partial charge in [-0.2, -0.15) is 0 Å². The fourth-order valence-corrected chi connectivity index (χ4v) is 1.76. The maximum atomic E-state index is 12.9. The Hall–Kier alpha value is -1.56. The number of benzene rings is 1. The van der Waals surface area contributed by atoms with Crippen LogP contribution in [0.2, 0.25) is 0 Å². The van der Waals surface area contributed by atoms with E-state index < -0.39 is 11.6 Å². The zero-order valence-electron chi connectivity index (χ0n) is 7.79. The highest BCUT2D eigenvalue weighted by molar-refractivity contribution is 7.18. The Balaban J connectivity index is 2.40. The lowest BCUT2D eigenvalue weighted by Crippen LogP contribution is -1.85. The Morgan fingerprint density at radius 3 is 2.60 bits per heavy atom. The summed E-state index contributed by atoms with van der Waals surface area (Å²) in [6, 6.07) is 3.65. The first-order valence-corrected chi connectivity index (χ1v) is 4.99. The molecule has 2 aromatic rings. The molecule has 0 atom stereocenters. The molecule has 1 heterocycles. The zero-order chi connectivity index (χ0) is 10.8. The third kappa shape index (κ3) is 1.94. The standard InChI is InChI=1S/C9H7F2N3S/c1-12-9-14-13-8(15-9)5-2-3-6(10)7(11)4-5/h2-4H,1H3,(H,12,14).